The Morgan fingerprint density at radius 2 is 1.81 bits per heavy atom. The summed E-state index contributed by atoms with van der Waals surface area (Å²) >= 11 is 1.62. The molecule has 2 aromatic carbocycles. The van der Waals surface area contributed by atoms with Crippen molar-refractivity contribution in [1.29, 1.82) is 0 Å². The van der Waals surface area contributed by atoms with Crippen LogP contribution in [0.3, 0.4) is 0 Å². The summed E-state index contributed by atoms with van der Waals surface area (Å²) in [7, 11) is 1.68. The summed E-state index contributed by atoms with van der Waals surface area (Å²) < 4.78 is 5.42. The minimum absolute atomic E-state index is 0.658. The molecule has 0 unspecified atom stereocenters. The van der Waals surface area contributed by atoms with Gasteiger partial charge in [-0.1, -0.05) is 12.1 Å². The molecule has 6 nitrogen and oxygen atoms in total. The highest BCUT2D eigenvalue weighted by Gasteiger charge is 2.09. The maximum absolute atomic E-state index is 5.42. The van der Waals surface area contributed by atoms with Crippen molar-refractivity contribution in [3.05, 3.63) is 72.0 Å². The third-order valence-corrected chi connectivity index (χ3v) is 4.80. The summed E-state index contributed by atoms with van der Waals surface area (Å²) in [5.41, 5.74) is 3.96. The van der Waals surface area contributed by atoms with Crippen LogP contribution in [0.25, 0.3) is 16.3 Å². The molecule has 0 amide bonds. The van der Waals surface area contributed by atoms with Gasteiger partial charge in [-0.2, -0.15) is 15.0 Å². The van der Waals surface area contributed by atoms with Gasteiger partial charge in [0.25, 0.3) is 0 Å². The van der Waals surface area contributed by atoms with Crippen LogP contribution in [-0.2, 0) is 6.54 Å². The lowest BCUT2D eigenvalue weighted by atomic mass is 10.2. The first-order valence-corrected chi connectivity index (χ1v) is 9.00. The first-order chi connectivity index (χ1) is 12.8. The van der Waals surface area contributed by atoms with E-state index in [4.69, 9.17) is 9.72 Å². The maximum atomic E-state index is 5.42. The number of nitrogens with one attached hydrogen (secondary N) is 1. The van der Waals surface area contributed by atoms with Gasteiger partial charge in [0, 0.05) is 11.1 Å². The van der Waals surface area contributed by atoms with Crippen LogP contribution < -0.4 is 10.1 Å². The van der Waals surface area contributed by atoms with Crippen LogP contribution >= 0.6 is 11.3 Å². The maximum Gasteiger partial charge on any atom is 0.129 e. The van der Waals surface area contributed by atoms with Gasteiger partial charge in [0.15, 0.2) is 0 Å². The van der Waals surface area contributed by atoms with E-state index >= 15 is 0 Å². The van der Waals surface area contributed by atoms with E-state index in [1.807, 2.05) is 48.5 Å². The predicted molar refractivity (Wildman–Crippen MR) is 103 cm³/mol. The molecule has 2 aromatic heterocycles. The minimum atomic E-state index is 0.658. The Balaban J connectivity index is 1.43. The van der Waals surface area contributed by atoms with Gasteiger partial charge in [0.05, 0.1) is 43.0 Å². The second kappa shape index (κ2) is 7.37. The average Bonchev–Trinajstić information content (AvgIpc) is 3.39. The highest BCUT2D eigenvalue weighted by atomic mass is 32.1. The summed E-state index contributed by atoms with van der Waals surface area (Å²) in [6, 6.07) is 15.9. The van der Waals surface area contributed by atoms with Crippen molar-refractivity contribution in [2.75, 3.05) is 12.4 Å². The van der Waals surface area contributed by atoms with E-state index in [1.54, 1.807) is 35.6 Å². The molecule has 0 spiro atoms. The topological polar surface area (TPSA) is 64.9 Å². The summed E-state index contributed by atoms with van der Waals surface area (Å²) in [4.78, 5) is 6.30. The Bertz CT molecular complexity index is 979. The summed E-state index contributed by atoms with van der Waals surface area (Å²) in [6.07, 6.45) is 3.32. The second-order valence-electron chi connectivity index (χ2n) is 5.56. The van der Waals surface area contributed by atoms with Crippen molar-refractivity contribution in [1.82, 2.24) is 20.0 Å². The standard InChI is InChI=1S/C19H17N5OS/c1-25-18-5-3-2-4-17(18)19-23-15(13-26-19)12-20-14-6-8-16(9-7-14)24-21-10-11-22-24/h2-11,13,20H,12H2,1H3. The number of hydrogen-bond acceptors (Lipinski definition) is 6. The van der Waals surface area contributed by atoms with Crippen LogP contribution in [0, 0.1) is 0 Å². The molecule has 7 heteroatoms. The monoisotopic (exact) mass is 363 g/mol. The lowest BCUT2D eigenvalue weighted by Gasteiger charge is -2.06. The number of ether oxygens (including phenoxy) is 1. The number of para-hydroxylation sites is 1. The zero-order valence-electron chi connectivity index (χ0n) is 14.2. The van der Waals surface area contributed by atoms with Crippen molar-refractivity contribution in [3.8, 4) is 22.0 Å². The van der Waals surface area contributed by atoms with Crippen molar-refractivity contribution >= 4 is 17.0 Å². The minimum Gasteiger partial charge on any atom is -0.496 e. The number of anilines is 1. The van der Waals surface area contributed by atoms with Crippen molar-refractivity contribution in [2.24, 2.45) is 0 Å². The van der Waals surface area contributed by atoms with Crippen LogP contribution in [0.1, 0.15) is 5.69 Å². The summed E-state index contributed by atoms with van der Waals surface area (Å²) in [5.74, 6) is 0.837. The Morgan fingerprint density at radius 3 is 2.58 bits per heavy atom. The normalized spacial score (nSPS) is 10.7. The molecule has 4 rings (SSSR count). The van der Waals surface area contributed by atoms with Crippen LogP contribution in [-0.4, -0.2) is 27.1 Å². The molecule has 0 saturated carbocycles. The Morgan fingerprint density at radius 1 is 1.04 bits per heavy atom. The van der Waals surface area contributed by atoms with Crippen LogP contribution in [0.4, 0.5) is 5.69 Å². The van der Waals surface area contributed by atoms with Gasteiger partial charge < -0.3 is 10.1 Å². The molecule has 0 aliphatic heterocycles. The van der Waals surface area contributed by atoms with Crippen molar-refractivity contribution < 1.29 is 4.74 Å². The molecular formula is C19H17N5OS. The molecule has 0 saturated heterocycles. The molecule has 0 bridgehead atoms. The molecule has 130 valence electrons. The zero-order valence-corrected chi connectivity index (χ0v) is 15.0. The Hall–Kier alpha value is -3.19. The largest absolute Gasteiger partial charge is 0.496 e. The molecule has 0 fully saturated rings. The van der Waals surface area contributed by atoms with Crippen LogP contribution in [0.15, 0.2) is 66.3 Å². The molecule has 2 heterocycles. The quantitative estimate of drug-likeness (QED) is 0.561. The molecule has 1 N–H and O–H groups in total. The van der Waals surface area contributed by atoms with Crippen LogP contribution in [0.2, 0.25) is 0 Å². The Labute approximate surface area is 155 Å². The average molecular weight is 363 g/mol. The number of hydrogen-bond donors (Lipinski definition) is 1. The Kier molecular flexibility index (Phi) is 4.61. The first-order valence-electron chi connectivity index (χ1n) is 8.12. The van der Waals surface area contributed by atoms with E-state index in [0.717, 1.165) is 33.4 Å². The summed E-state index contributed by atoms with van der Waals surface area (Å²) in [5, 5.41) is 14.7. The van der Waals surface area contributed by atoms with Crippen molar-refractivity contribution in [3.63, 3.8) is 0 Å². The predicted octanol–water partition coefficient (Wildman–Crippen LogP) is 4.01. The number of benzene rings is 2. The molecule has 0 aliphatic carbocycles. The molecular weight excluding hydrogens is 346 g/mol. The fourth-order valence-corrected chi connectivity index (χ4v) is 3.44. The fraction of sp³-hybridized carbons (Fsp3) is 0.105. The number of nitrogens with zero attached hydrogens (tertiary/aromatic N) is 4. The van der Waals surface area contributed by atoms with E-state index in [9.17, 15) is 0 Å². The van der Waals surface area contributed by atoms with Gasteiger partial charge >= 0.3 is 0 Å². The number of aromatic nitrogens is 4. The van der Waals surface area contributed by atoms with Gasteiger partial charge in [-0.25, -0.2) is 4.98 Å². The smallest absolute Gasteiger partial charge is 0.129 e. The highest BCUT2D eigenvalue weighted by Crippen LogP contribution is 2.32. The van der Waals surface area contributed by atoms with E-state index in [1.165, 1.54) is 0 Å². The SMILES string of the molecule is COc1ccccc1-c1nc(CNc2ccc(-n3nccn3)cc2)cs1. The van der Waals surface area contributed by atoms with Gasteiger partial charge in [-0.05, 0) is 36.4 Å². The van der Waals surface area contributed by atoms with Gasteiger partial charge in [-0.3, -0.25) is 0 Å². The first kappa shape index (κ1) is 16.3. The molecule has 4 aromatic rings. The second-order valence-corrected chi connectivity index (χ2v) is 6.42. The van der Waals surface area contributed by atoms with E-state index in [2.05, 4.69) is 20.9 Å². The molecule has 26 heavy (non-hydrogen) atoms. The van der Waals surface area contributed by atoms with E-state index in [-0.39, 0.29) is 0 Å². The third kappa shape index (κ3) is 3.43. The fourth-order valence-electron chi connectivity index (χ4n) is 2.59. The number of thiazole rings is 1. The van der Waals surface area contributed by atoms with E-state index in [0.29, 0.717) is 6.54 Å². The zero-order chi connectivity index (χ0) is 17.8. The highest BCUT2D eigenvalue weighted by molar-refractivity contribution is 7.13. The lowest BCUT2D eigenvalue weighted by molar-refractivity contribution is 0.416. The molecule has 0 aliphatic rings. The lowest BCUT2D eigenvalue weighted by Crippen LogP contribution is -2.01. The number of rotatable bonds is 6. The molecule has 0 radical (unpaired) electrons. The van der Waals surface area contributed by atoms with Gasteiger partial charge in [-0.15, -0.1) is 11.3 Å². The van der Waals surface area contributed by atoms with Gasteiger partial charge in [0.2, 0.25) is 0 Å². The van der Waals surface area contributed by atoms with E-state index < -0.39 is 0 Å². The summed E-state index contributed by atoms with van der Waals surface area (Å²) in [6.45, 7) is 0.658. The van der Waals surface area contributed by atoms with Gasteiger partial charge in [0.1, 0.15) is 10.8 Å². The van der Waals surface area contributed by atoms with Crippen LogP contribution in [0.5, 0.6) is 5.75 Å². The molecule has 0 atom stereocenters. The number of methoxy groups -OCH3 is 1. The third-order valence-electron chi connectivity index (χ3n) is 3.88. The van der Waals surface area contributed by atoms with Crippen molar-refractivity contribution in [2.45, 2.75) is 6.54 Å².